The molecule has 0 aromatic heterocycles. The Morgan fingerprint density at radius 2 is 2.08 bits per heavy atom. The molecule has 0 spiro atoms. The molecule has 1 saturated carbocycles. The smallest absolute Gasteiger partial charge is 0.410 e. The lowest BCUT2D eigenvalue weighted by Crippen LogP contribution is -2.36. The number of rotatable bonds is 4. The molecule has 0 radical (unpaired) electrons. The fraction of sp³-hybridized carbons (Fsp3) is 0.421. The third kappa shape index (κ3) is 3.76. The summed E-state index contributed by atoms with van der Waals surface area (Å²) in [5, 5.41) is 9.89. The van der Waals surface area contributed by atoms with Gasteiger partial charge >= 0.3 is 6.09 Å². The van der Waals surface area contributed by atoms with Gasteiger partial charge < -0.3 is 9.64 Å². The lowest BCUT2D eigenvalue weighted by Gasteiger charge is -2.27. The van der Waals surface area contributed by atoms with Crippen molar-refractivity contribution in [2.45, 2.75) is 19.3 Å². The van der Waals surface area contributed by atoms with E-state index < -0.39 is 0 Å². The molecule has 7 heteroatoms. The molecule has 1 aliphatic carbocycles. The summed E-state index contributed by atoms with van der Waals surface area (Å²) in [7, 11) is 0. The second kappa shape index (κ2) is 7.27. The fourth-order valence-corrected chi connectivity index (χ4v) is 2.99. The summed E-state index contributed by atoms with van der Waals surface area (Å²) in [6, 6.07) is 6.51. The highest BCUT2D eigenvalue weighted by molar-refractivity contribution is 5.68. The van der Waals surface area contributed by atoms with Crippen LogP contribution in [-0.4, -0.2) is 37.2 Å². The summed E-state index contributed by atoms with van der Waals surface area (Å²) < 4.78 is 19.2. The number of carbonyl (C=O) groups excluding carboxylic acids is 1. The van der Waals surface area contributed by atoms with Gasteiger partial charge in [0.2, 0.25) is 0 Å². The molecule has 0 atom stereocenters. The molecule has 0 bridgehead atoms. The Balaban J connectivity index is 1.33. The molecule has 0 saturated heterocycles. The van der Waals surface area contributed by atoms with Crippen LogP contribution < -0.4 is 5.01 Å². The molecule has 2 heterocycles. The number of hydrogen-bond acceptors (Lipinski definition) is 5. The van der Waals surface area contributed by atoms with Crippen LogP contribution in [-0.2, 0) is 4.74 Å². The molecule has 1 amide bonds. The average molecular weight is 356 g/mol. The first kappa shape index (κ1) is 16.8. The number of anilines is 1. The largest absolute Gasteiger partial charge is 0.449 e. The van der Waals surface area contributed by atoms with Crippen LogP contribution in [0.1, 0.15) is 19.3 Å². The molecular formula is C19H21FN4O2. The minimum Gasteiger partial charge on any atom is -0.449 e. The van der Waals surface area contributed by atoms with Gasteiger partial charge in [-0.1, -0.05) is 23.4 Å². The Morgan fingerprint density at radius 3 is 2.73 bits per heavy atom. The van der Waals surface area contributed by atoms with E-state index in [9.17, 15) is 9.18 Å². The summed E-state index contributed by atoms with van der Waals surface area (Å²) in [6.07, 6.45) is 6.74. The van der Waals surface area contributed by atoms with Crippen LogP contribution in [0.3, 0.4) is 0 Å². The monoisotopic (exact) mass is 356 g/mol. The number of amides is 1. The zero-order valence-corrected chi connectivity index (χ0v) is 14.5. The fourth-order valence-electron chi connectivity index (χ4n) is 2.99. The van der Waals surface area contributed by atoms with Gasteiger partial charge in [0.1, 0.15) is 5.82 Å². The Bertz CT molecular complexity index is 785. The second-order valence-corrected chi connectivity index (χ2v) is 6.76. The van der Waals surface area contributed by atoms with Gasteiger partial charge in [-0.2, -0.15) is 0 Å². The molecule has 3 aliphatic rings. The predicted molar refractivity (Wildman–Crippen MR) is 95.0 cm³/mol. The van der Waals surface area contributed by atoms with Crippen LogP contribution in [0.25, 0.3) is 0 Å². The molecule has 1 aromatic carbocycles. The van der Waals surface area contributed by atoms with E-state index >= 15 is 0 Å². The van der Waals surface area contributed by atoms with Crippen molar-refractivity contribution >= 4 is 11.8 Å². The summed E-state index contributed by atoms with van der Waals surface area (Å²) in [6.45, 7) is 2.13. The van der Waals surface area contributed by atoms with Crippen molar-refractivity contribution in [1.82, 2.24) is 4.90 Å². The molecule has 2 aliphatic heterocycles. The molecule has 6 nitrogen and oxygen atoms in total. The van der Waals surface area contributed by atoms with Gasteiger partial charge in [-0.3, -0.25) is 0 Å². The number of hydrogen-bond donors (Lipinski definition) is 0. The van der Waals surface area contributed by atoms with Crippen molar-refractivity contribution in [1.29, 1.82) is 0 Å². The highest BCUT2D eigenvalue weighted by Gasteiger charge is 2.26. The van der Waals surface area contributed by atoms with Crippen molar-refractivity contribution in [3.05, 3.63) is 53.5 Å². The van der Waals surface area contributed by atoms with E-state index in [1.54, 1.807) is 23.1 Å². The number of allylic oxidation sites excluding steroid dienone is 1. The second-order valence-electron chi connectivity index (χ2n) is 6.76. The quantitative estimate of drug-likeness (QED) is 0.817. The minimum absolute atomic E-state index is 0.239. The normalized spacial score (nSPS) is 19.9. The molecule has 26 heavy (non-hydrogen) atoms. The first-order chi connectivity index (χ1) is 12.7. The number of halogens is 1. The topological polar surface area (TPSA) is 57.5 Å². The van der Waals surface area contributed by atoms with Crippen LogP contribution in [0.5, 0.6) is 0 Å². The van der Waals surface area contributed by atoms with E-state index in [2.05, 4.69) is 10.3 Å². The van der Waals surface area contributed by atoms with Gasteiger partial charge in [-0.05, 0) is 49.0 Å². The van der Waals surface area contributed by atoms with Gasteiger partial charge in [0.05, 0.1) is 24.5 Å². The third-order valence-corrected chi connectivity index (χ3v) is 4.78. The summed E-state index contributed by atoms with van der Waals surface area (Å²) in [5.74, 6) is 0.251. The molecular weight excluding hydrogens is 335 g/mol. The maximum absolute atomic E-state index is 13.8. The standard InChI is InChI=1S/C19H21FN4O2/c20-16-3-1-2-4-18(16)24-12-9-17(21-22-24)15-7-10-23(11-8-15)19(25)26-13-14-5-6-14/h1-4,7,9,14H,5-6,8,10-13H2. The van der Waals surface area contributed by atoms with Gasteiger partial charge in [0.25, 0.3) is 0 Å². The molecule has 4 rings (SSSR count). The van der Waals surface area contributed by atoms with Crippen LogP contribution in [0.2, 0.25) is 0 Å². The zero-order chi connectivity index (χ0) is 17.9. The molecule has 0 N–H and O–H groups in total. The zero-order valence-electron chi connectivity index (χ0n) is 14.5. The van der Waals surface area contributed by atoms with E-state index in [-0.39, 0.29) is 11.9 Å². The van der Waals surface area contributed by atoms with Crippen molar-refractivity contribution in [3.8, 4) is 0 Å². The third-order valence-electron chi connectivity index (χ3n) is 4.78. The SMILES string of the molecule is O=C(OCC1CC1)N1CC=C(C2=CCN(c3ccccc3F)N=N2)CC1. The lowest BCUT2D eigenvalue weighted by molar-refractivity contribution is 0.101. The Hall–Kier alpha value is -2.70. The average Bonchev–Trinajstić information content (AvgIpc) is 3.51. The summed E-state index contributed by atoms with van der Waals surface area (Å²) in [5.41, 5.74) is 2.27. The van der Waals surface area contributed by atoms with Crippen molar-refractivity contribution in [2.24, 2.45) is 16.3 Å². The van der Waals surface area contributed by atoms with E-state index in [1.165, 1.54) is 23.9 Å². The van der Waals surface area contributed by atoms with Gasteiger partial charge in [-0.15, -0.1) is 5.11 Å². The van der Waals surface area contributed by atoms with E-state index in [0.29, 0.717) is 44.3 Å². The number of carbonyl (C=O) groups is 1. The maximum atomic E-state index is 13.8. The Kier molecular flexibility index (Phi) is 4.69. The predicted octanol–water partition coefficient (Wildman–Crippen LogP) is 4.08. The van der Waals surface area contributed by atoms with E-state index in [0.717, 1.165) is 11.3 Å². The lowest BCUT2D eigenvalue weighted by atomic mass is 10.0. The Labute approximate surface area is 151 Å². The van der Waals surface area contributed by atoms with Gasteiger partial charge in [-0.25, -0.2) is 14.2 Å². The summed E-state index contributed by atoms with van der Waals surface area (Å²) >= 11 is 0. The summed E-state index contributed by atoms with van der Waals surface area (Å²) in [4.78, 5) is 13.7. The number of ether oxygens (including phenoxy) is 1. The molecule has 0 unspecified atom stereocenters. The number of nitrogens with zero attached hydrogens (tertiary/aromatic N) is 4. The van der Waals surface area contributed by atoms with Crippen LogP contribution >= 0.6 is 0 Å². The molecule has 1 aromatic rings. The van der Waals surface area contributed by atoms with E-state index in [4.69, 9.17) is 4.74 Å². The Morgan fingerprint density at radius 1 is 1.23 bits per heavy atom. The van der Waals surface area contributed by atoms with Crippen LogP contribution in [0.4, 0.5) is 14.9 Å². The van der Waals surface area contributed by atoms with Crippen LogP contribution in [0, 0.1) is 11.7 Å². The number of para-hydroxylation sites is 1. The van der Waals surface area contributed by atoms with E-state index in [1.807, 2.05) is 12.2 Å². The maximum Gasteiger partial charge on any atom is 0.410 e. The molecule has 1 fully saturated rings. The first-order valence-electron chi connectivity index (χ1n) is 8.95. The van der Waals surface area contributed by atoms with Gasteiger partial charge in [0.15, 0.2) is 0 Å². The number of benzene rings is 1. The van der Waals surface area contributed by atoms with Gasteiger partial charge in [0, 0.05) is 13.1 Å². The first-order valence-corrected chi connectivity index (χ1v) is 8.95. The van der Waals surface area contributed by atoms with Crippen molar-refractivity contribution in [3.63, 3.8) is 0 Å². The molecule has 136 valence electrons. The highest BCUT2D eigenvalue weighted by Crippen LogP contribution is 2.30. The van der Waals surface area contributed by atoms with Crippen molar-refractivity contribution < 1.29 is 13.9 Å². The van der Waals surface area contributed by atoms with Crippen LogP contribution in [0.15, 0.2) is 58.0 Å². The highest BCUT2D eigenvalue weighted by atomic mass is 19.1. The van der Waals surface area contributed by atoms with Crippen molar-refractivity contribution in [2.75, 3.05) is 31.3 Å². The minimum atomic E-state index is -0.319.